The summed E-state index contributed by atoms with van der Waals surface area (Å²) in [7, 11) is 0. The summed E-state index contributed by atoms with van der Waals surface area (Å²) in [5.41, 5.74) is 7.54. The van der Waals surface area contributed by atoms with E-state index in [0.29, 0.717) is 5.92 Å². The summed E-state index contributed by atoms with van der Waals surface area (Å²) in [5.74, 6) is 0.609. The smallest absolute Gasteiger partial charge is 0.0469 e. The van der Waals surface area contributed by atoms with Gasteiger partial charge in [0.05, 0.1) is 0 Å². The summed E-state index contributed by atoms with van der Waals surface area (Å²) in [6.45, 7) is 3.88. The van der Waals surface area contributed by atoms with Gasteiger partial charge in [-0.05, 0) is 42.7 Å². The van der Waals surface area contributed by atoms with Gasteiger partial charge in [0.1, 0.15) is 0 Å². The molecule has 0 saturated carbocycles. The Kier molecular flexibility index (Phi) is 3.21. The summed E-state index contributed by atoms with van der Waals surface area (Å²) >= 11 is 1.79. The molecule has 3 heteroatoms. The molecule has 78 valence electrons. The summed E-state index contributed by atoms with van der Waals surface area (Å²) in [6.07, 6.45) is 2.21. The molecule has 1 aromatic rings. The van der Waals surface area contributed by atoms with Gasteiger partial charge in [0.25, 0.3) is 0 Å². The van der Waals surface area contributed by atoms with Crippen molar-refractivity contribution in [2.24, 2.45) is 11.7 Å². The molecule has 1 fully saturated rings. The van der Waals surface area contributed by atoms with Crippen LogP contribution >= 0.6 is 11.3 Å². The molecule has 1 unspecified atom stereocenters. The van der Waals surface area contributed by atoms with Crippen molar-refractivity contribution >= 4 is 11.3 Å². The normalized spacial score (nSPS) is 21.0. The number of nitrogens with two attached hydrogens (primary N) is 1. The third-order valence-corrected chi connectivity index (χ3v) is 3.79. The Morgan fingerprint density at radius 2 is 2.21 bits per heavy atom. The van der Waals surface area contributed by atoms with Crippen LogP contribution < -0.4 is 5.73 Å². The summed E-state index contributed by atoms with van der Waals surface area (Å²) in [5, 5.41) is 2.19. The summed E-state index contributed by atoms with van der Waals surface area (Å²) in [4.78, 5) is 1.35. The molecule has 0 amide bonds. The van der Waals surface area contributed by atoms with E-state index in [4.69, 9.17) is 10.5 Å². The van der Waals surface area contributed by atoms with Crippen LogP contribution in [0.4, 0.5) is 0 Å². The maximum Gasteiger partial charge on any atom is 0.0469 e. The molecular weight excluding hydrogens is 194 g/mol. The highest BCUT2D eigenvalue weighted by Crippen LogP contribution is 2.30. The first-order valence-corrected chi connectivity index (χ1v) is 6.03. The standard InChI is InChI=1S/C11H17NOS/c1-8-6-10(7-14-8)11(12)9-2-4-13-5-3-9/h6-7,9,11H,2-5,12H2,1H3. The van der Waals surface area contributed by atoms with Gasteiger partial charge in [-0.25, -0.2) is 0 Å². The van der Waals surface area contributed by atoms with Crippen molar-refractivity contribution in [2.75, 3.05) is 13.2 Å². The Morgan fingerprint density at radius 3 is 2.79 bits per heavy atom. The zero-order chi connectivity index (χ0) is 9.97. The first kappa shape index (κ1) is 10.1. The van der Waals surface area contributed by atoms with E-state index < -0.39 is 0 Å². The molecule has 2 rings (SSSR count). The first-order chi connectivity index (χ1) is 6.77. The van der Waals surface area contributed by atoms with Crippen molar-refractivity contribution in [1.29, 1.82) is 0 Å². The molecule has 2 N–H and O–H groups in total. The van der Waals surface area contributed by atoms with Gasteiger partial charge in [0.2, 0.25) is 0 Å². The van der Waals surface area contributed by atoms with E-state index in [1.807, 2.05) is 0 Å². The molecule has 0 bridgehead atoms. The van der Waals surface area contributed by atoms with E-state index in [-0.39, 0.29) is 6.04 Å². The molecule has 1 atom stereocenters. The highest BCUT2D eigenvalue weighted by molar-refractivity contribution is 7.10. The molecule has 14 heavy (non-hydrogen) atoms. The van der Waals surface area contributed by atoms with Gasteiger partial charge in [0, 0.05) is 24.1 Å². The molecule has 0 radical (unpaired) electrons. The predicted octanol–water partition coefficient (Wildman–Crippen LogP) is 2.48. The minimum Gasteiger partial charge on any atom is -0.381 e. The molecule has 0 aliphatic carbocycles. The van der Waals surface area contributed by atoms with Crippen molar-refractivity contribution in [1.82, 2.24) is 0 Å². The van der Waals surface area contributed by atoms with E-state index in [2.05, 4.69) is 18.4 Å². The molecule has 2 nitrogen and oxygen atoms in total. The summed E-state index contributed by atoms with van der Waals surface area (Å²) in [6, 6.07) is 2.42. The van der Waals surface area contributed by atoms with E-state index in [1.165, 1.54) is 10.4 Å². The minimum absolute atomic E-state index is 0.212. The monoisotopic (exact) mass is 211 g/mol. The number of hydrogen-bond acceptors (Lipinski definition) is 3. The van der Waals surface area contributed by atoms with Crippen LogP contribution in [0.3, 0.4) is 0 Å². The molecular formula is C11H17NOS. The topological polar surface area (TPSA) is 35.2 Å². The lowest BCUT2D eigenvalue weighted by molar-refractivity contribution is 0.0584. The number of hydrogen-bond donors (Lipinski definition) is 1. The van der Waals surface area contributed by atoms with Gasteiger partial charge < -0.3 is 10.5 Å². The average molecular weight is 211 g/mol. The van der Waals surface area contributed by atoms with Crippen molar-refractivity contribution in [3.63, 3.8) is 0 Å². The highest BCUT2D eigenvalue weighted by Gasteiger charge is 2.22. The molecule has 1 aromatic heterocycles. The maximum absolute atomic E-state index is 6.23. The Labute approximate surface area is 89.1 Å². The van der Waals surface area contributed by atoms with Crippen LogP contribution in [-0.2, 0) is 4.74 Å². The Morgan fingerprint density at radius 1 is 1.50 bits per heavy atom. The van der Waals surface area contributed by atoms with Crippen LogP contribution in [0.5, 0.6) is 0 Å². The third kappa shape index (κ3) is 2.16. The fraction of sp³-hybridized carbons (Fsp3) is 0.636. The van der Waals surface area contributed by atoms with Crippen molar-refractivity contribution in [3.05, 3.63) is 21.9 Å². The van der Waals surface area contributed by atoms with Crippen molar-refractivity contribution < 1.29 is 4.74 Å². The lowest BCUT2D eigenvalue weighted by Gasteiger charge is -2.27. The fourth-order valence-corrected chi connectivity index (χ4v) is 2.74. The van der Waals surface area contributed by atoms with Gasteiger partial charge in [-0.2, -0.15) is 0 Å². The van der Waals surface area contributed by atoms with Crippen molar-refractivity contribution in [3.8, 4) is 0 Å². The zero-order valence-corrected chi connectivity index (χ0v) is 9.35. The SMILES string of the molecule is Cc1cc(C(N)C2CCOCC2)cs1. The second kappa shape index (κ2) is 4.43. The Bertz CT molecular complexity index is 291. The zero-order valence-electron chi connectivity index (χ0n) is 8.53. The highest BCUT2D eigenvalue weighted by atomic mass is 32.1. The Balaban J connectivity index is 2.03. The van der Waals surface area contributed by atoms with Crippen LogP contribution in [0.1, 0.15) is 29.3 Å². The van der Waals surface area contributed by atoms with Gasteiger partial charge >= 0.3 is 0 Å². The van der Waals surface area contributed by atoms with Gasteiger partial charge in [-0.1, -0.05) is 0 Å². The lowest BCUT2D eigenvalue weighted by Crippen LogP contribution is -2.27. The minimum atomic E-state index is 0.212. The van der Waals surface area contributed by atoms with Gasteiger partial charge in [-0.15, -0.1) is 11.3 Å². The fourth-order valence-electron chi connectivity index (χ4n) is 1.99. The summed E-state index contributed by atoms with van der Waals surface area (Å²) < 4.78 is 5.34. The van der Waals surface area contributed by atoms with Crippen molar-refractivity contribution in [2.45, 2.75) is 25.8 Å². The van der Waals surface area contributed by atoms with Crippen LogP contribution in [-0.4, -0.2) is 13.2 Å². The van der Waals surface area contributed by atoms with Crippen LogP contribution in [0, 0.1) is 12.8 Å². The van der Waals surface area contributed by atoms with Crippen LogP contribution in [0.2, 0.25) is 0 Å². The van der Waals surface area contributed by atoms with Gasteiger partial charge in [0.15, 0.2) is 0 Å². The quantitative estimate of drug-likeness (QED) is 0.815. The predicted molar refractivity (Wildman–Crippen MR) is 59.5 cm³/mol. The van der Waals surface area contributed by atoms with E-state index in [9.17, 15) is 0 Å². The lowest BCUT2D eigenvalue weighted by atomic mass is 9.89. The number of aryl methyl sites for hydroxylation is 1. The number of rotatable bonds is 2. The third-order valence-electron chi connectivity index (χ3n) is 2.91. The maximum atomic E-state index is 6.23. The molecule has 2 heterocycles. The van der Waals surface area contributed by atoms with E-state index in [1.54, 1.807) is 11.3 Å². The first-order valence-electron chi connectivity index (χ1n) is 5.16. The van der Waals surface area contributed by atoms with Gasteiger partial charge in [-0.3, -0.25) is 0 Å². The van der Waals surface area contributed by atoms with Crippen LogP contribution in [0.15, 0.2) is 11.4 Å². The second-order valence-electron chi connectivity index (χ2n) is 3.97. The Hall–Kier alpha value is -0.380. The number of ether oxygens (including phenoxy) is 1. The number of thiophene rings is 1. The average Bonchev–Trinajstić information content (AvgIpc) is 2.65. The molecule has 0 aromatic carbocycles. The van der Waals surface area contributed by atoms with Crippen LogP contribution in [0.25, 0.3) is 0 Å². The molecule has 0 spiro atoms. The molecule has 1 aliphatic heterocycles. The molecule has 1 saturated heterocycles. The largest absolute Gasteiger partial charge is 0.381 e. The van der Waals surface area contributed by atoms with E-state index >= 15 is 0 Å². The van der Waals surface area contributed by atoms with E-state index in [0.717, 1.165) is 26.1 Å². The second-order valence-corrected chi connectivity index (χ2v) is 5.08. The molecule has 1 aliphatic rings.